The summed E-state index contributed by atoms with van der Waals surface area (Å²) in [6, 6.07) is 10.8. The minimum atomic E-state index is -0.366. The third-order valence-electron chi connectivity index (χ3n) is 4.74. The Morgan fingerprint density at radius 2 is 1.81 bits per heavy atom. The van der Waals surface area contributed by atoms with Crippen LogP contribution in [0.3, 0.4) is 0 Å². The molecule has 1 atom stereocenters. The number of carbonyl (C=O) groups excluding carboxylic acids is 1. The summed E-state index contributed by atoms with van der Waals surface area (Å²) < 4.78 is 22.6. The molecular weight excluding hydrogens is 466 g/mol. The molecule has 8 nitrogen and oxygen atoms in total. The summed E-state index contributed by atoms with van der Waals surface area (Å²) in [4.78, 5) is 17.6. The maximum Gasteiger partial charge on any atom is 0.258 e. The highest BCUT2D eigenvalue weighted by atomic mass is 79.9. The van der Waals surface area contributed by atoms with Crippen LogP contribution in [0.1, 0.15) is 23.2 Å². The lowest BCUT2D eigenvalue weighted by atomic mass is 10.1. The molecule has 2 aromatic carbocycles. The first kappa shape index (κ1) is 22.9. The minimum absolute atomic E-state index is 0.0554. The molecule has 0 aromatic heterocycles. The summed E-state index contributed by atoms with van der Waals surface area (Å²) in [6.45, 7) is 1.20. The number of halogens is 1. The first-order chi connectivity index (χ1) is 15.0. The van der Waals surface area contributed by atoms with Crippen molar-refractivity contribution in [3.63, 3.8) is 0 Å². The van der Waals surface area contributed by atoms with Crippen LogP contribution in [-0.2, 0) is 4.74 Å². The summed E-state index contributed by atoms with van der Waals surface area (Å²) in [5, 5.41) is 6.01. The van der Waals surface area contributed by atoms with Gasteiger partial charge in [-0.1, -0.05) is 15.9 Å². The molecule has 1 amide bonds. The predicted molar refractivity (Wildman–Crippen MR) is 123 cm³/mol. The molecule has 9 heteroatoms. The lowest BCUT2D eigenvalue weighted by Gasteiger charge is -2.16. The fourth-order valence-corrected chi connectivity index (χ4v) is 3.42. The Balaban J connectivity index is 1.82. The highest BCUT2D eigenvalue weighted by Crippen LogP contribution is 2.38. The van der Waals surface area contributed by atoms with E-state index in [4.69, 9.17) is 18.9 Å². The molecule has 3 rings (SSSR count). The highest BCUT2D eigenvalue weighted by molar-refractivity contribution is 9.10. The Morgan fingerprint density at radius 3 is 2.35 bits per heavy atom. The number of benzene rings is 2. The molecule has 1 aliphatic heterocycles. The van der Waals surface area contributed by atoms with Crippen LogP contribution in [0, 0.1) is 0 Å². The van der Waals surface area contributed by atoms with E-state index in [1.54, 1.807) is 12.1 Å². The van der Waals surface area contributed by atoms with Gasteiger partial charge in [0, 0.05) is 22.3 Å². The average Bonchev–Trinajstić information content (AvgIpc) is 3.31. The molecule has 2 aromatic rings. The smallest absolute Gasteiger partial charge is 0.258 e. The molecule has 0 spiro atoms. The molecule has 0 radical (unpaired) electrons. The van der Waals surface area contributed by atoms with Crippen molar-refractivity contribution in [1.29, 1.82) is 0 Å². The zero-order chi connectivity index (χ0) is 22.2. The first-order valence-corrected chi connectivity index (χ1v) is 10.6. The third-order valence-corrected chi connectivity index (χ3v) is 5.27. The maximum atomic E-state index is 13.0. The van der Waals surface area contributed by atoms with Crippen LogP contribution >= 0.6 is 15.9 Å². The second kappa shape index (κ2) is 11.0. The van der Waals surface area contributed by atoms with Gasteiger partial charge < -0.3 is 24.3 Å². The Kier molecular flexibility index (Phi) is 8.13. The van der Waals surface area contributed by atoms with Gasteiger partial charge in [0.15, 0.2) is 11.5 Å². The van der Waals surface area contributed by atoms with Gasteiger partial charge in [-0.25, -0.2) is 4.99 Å². The molecule has 1 heterocycles. The average molecular weight is 492 g/mol. The van der Waals surface area contributed by atoms with Gasteiger partial charge in [0.2, 0.25) is 11.7 Å². The van der Waals surface area contributed by atoms with Gasteiger partial charge in [-0.2, -0.15) is 0 Å². The Morgan fingerprint density at radius 1 is 1.13 bits per heavy atom. The monoisotopic (exact) mass is 491 g/mol. The van der Waals surface area contributed by atoms with Crippen LogP contribution in [-0.4, -0.2) is 52.5 Å². The Labute approximate surface area is 190 Å². The second-order valence-electron chi connectivity index (χ2n) is 6.82. The second-order valence-corrected chi connectivity index (χ2v) is 7.74. The number of ether oxygens (including phenoxy) is 4. The van der Waals surface area contributed by atoms with E-state index in [1.807, 2.05) is 24.3 Å². The zero-order valence-electron chi connectivity index (χ0n) is 17.7. The van der Waals surface area contributed by atoms with Crippen molar-refractivity contribution in [3.05, 3.63) is 46.4 Å². The largest absolute Gasteiger partial charge is 0.493 e. The van der Waals surface area contributed by atoms with Gasteiger partial charge in [-0.05, 0) is 49.2 Å². The first-order valence-electron chi connectivity index (χ1n) is 9.84. The summed E-state index contributed by atoms with van der Waals surface area (Å²) in [5.41, 5.74) is 1.14. The fraction of sp³-hybridized carbons (Fsp3) is 0.364. The van der Waals surface area contributed by atoms with Crippen molar-refractivity contribution in [2.45, 2.75) is 18.9 Å². The molecule has 0 bridgehead atoms. The van der Waals surface area contributed by atoms with Crippen LogP contribution in [0.5, 0.6) is 17.2 Å². The van der Waals surface area contributed by atoms with Crippen molar-refractivity contribution in [3.8, 4) is 17.2 Å². The molecule has 2 N–H and O–H groups in total. The van der Waals surface area contributed by atoms with Gasteiger partial charge in [-0.3, -0.25) is 10.1 Å². The number of nitrogens with one attached hydrogen (secondary N) is 2. The van der Waals surface area contributed by atoms with Crippen molar-refractivity contribution < 1.29 is 23.7 Å². The van der Waals surface area contributed by atoms with Crippen molar-refractivity contribution in [2.75, 3.05) is 39.8 Å². The normalized spacial score (nSPS) is 16.0. The molecule has 1 aliphatic rings. The van der Waals surface area contributed by atoms with E-state index in [2.05, 4.69) is 31.6 Å². The Hall–Kier alpha value is -2.78. The molecule has 1 fully saturated rings. The number of hydrogen-bond acceptors (Lipinski definition) is 6. The molecule has 1 saturated heterocycles. The van der Waals surface area contributed by atoms with Crippen LogP contribution in [0.15, 0.2) is 45.9 Å². The lowest BCUT2D eigenvalue weighted by molar-refractivity contribution is 0.0974. The van der Waals surface area contributed by atoms with Crippen molar-refractivity contribution >= 4 is 33.5 Å². The summed E-state index contributed by atoms with van der Waals surface area (Å²) in [6.07, 6.45) is 2.03. The fourth-order valence-electron chi connectivity index (χ4n) is 3.15. The van der Waals surface area contributed by atoms with E-state index < -0.39 is 0 Å². The highest BCUT2D eigenvalue weighted by Gasteiger charge is 2.19. The van der Waals surface area contributed by atoms with Gasteiger partial charge in [0.25, 0.3) is 5.91 Å². The van der Waals surface area contributed by atoms with E-state index >= 15 is 0 Å². The number of aliphatic imine (C=N–C) groups is 1. The molecule has 0 saturated carbocycles. The third kappa shape index (κ3) is 6.11. The van der Waals surface area contributed by atoms with Gasteiger partial charge in [0.1, 0.15) is 0 Å². The lowest BCUT2D eigenvalue weighted by Crippen LogP contribution is -2.36. The number of rotatable bonds is 7. The number of amides is 1. The topological polar surface area (TPSA) is 90.4 Å². The van der Waals surface area contributed by atoms with E-state index in [-0.39, 0.29) is 12.0 Å². The van der Waals surface area contributed by atoms with E-state index in [9.17, 15) is 4.79 Å². The standard InChI is InChI=1S/C22H26BrN3O5/c1-28-18-11-14(12-19(29-2)20(18)30-3)21(27)26-22(24-13-17-5-4-10-31-17)25-16-8-6-15(23)7-9-16/h6-9,11-12,17H,4-5,10,13H2,1-3H3,(H2,24,25,26,27)/t17-/m0/s1. The van der Waals surface area contributed by atoms with Gasteiger partial charge in [-0.15, -0.1) is 0 Å². The summed E-state index contributed by atoms with van der Waals surface area (Å²) in [5.74, 6) is 1.17. The number of hydrogen-bond donors (Lipinski definition) is 2. The summed E-state index contributed by atoms with van der Waals surface area (Å²) in [7, 11) is 4.52. The van der Waals surface area contributed by atoms with Crippen LogP contribution in [0.4, 0.5) is 5.69 Å². The molecular formula is C22H26BrN3O5. The molecule has 0 unspecified atom stereocenters. The summed E-state index contributed by atoms with van der Waals surface area (Å²) >= 11 is 3.42. The number of carbonyl (C=O) groups is 1. The van der Waals surface area contributed by atoms with Crippen molar-refractivity contribution in [2.24, 2.45) is 4.99 Å². The molecule has 0 aliphatic carbocycles. The van der Waals surface area contributed by atoms with E-state index in [0.29, 0.717) is 35.3 Å². The molecule has 166 valence electrons. The predicted octanol–water partition coefficient (Wildman–Crippen LogP) is 3.85. The Bertz CT molecular complexity index is 902. The van der Waals surface area contributed by atoms with E-state index in [1.165, 1.54) is 21.3 Å². The van der Waals surface area contributed by atoms with Crippen molar-refractivity contribution in [1.82, 2.24) is 5.32 Å². The van der Waals surface area contributed by atoms with Crippen LogP contribution in [0.2, 0.25) is 0 Å². The number of nitrogens with zero attached hydrogens (tertiary/aromatic N) is 1. The van der Waals surface area contributed by atoms with Gasteiger partial charge in [0.05, 0.1) is 34.0 Å². The zero-order valence-corrected chi connectivity index (χ0v) is 19.3. The minimum Gasteiger partial charge on any atom is -0.493 e. The van der Waals surface area contributed by atoms with Crippen LogP contribution in [0.25, 0.3) is 0 Å². The quantitative estimate of drug-likeness (QED) is 0.451. The number of methoxy groups -OCH3 is 3. The maximum absolute atomic E-state index is 13.0. The number of anilines is 1. The van der Waals surface area contributed by atoms with Crippen LogP contribution < -0.4 is 24.8 Å². The van der Waals surface area contributed by atoms with Gasteiger partial charge >= 0.3 is 0 Å². The van der Waals surface area contributed by atoms with E-state index in [0.717, 1.165) is 29.6 Å². The SMILES string of the molecule is COc1cc(C(=O)NC(=NC[C@@H]2CCCO2)Nc2ccc(Br)cc2)cc(OC)c1OC. The molecule has 31 heavy (non-hydrogen) atoms. The number of guanidine groups is 1.